The van der Waals surface area contributed by atoms with Crippen LogP contribution >= 0.6 is 0 Å². The Morgan fingerprint density at radius 2 is 2.31 bits per heavy atom. The first-order chi connectivity index (χ1) is 5.99. The predicted molar refractivity (Wildman–Crippen MR) is 47.2 cm³/mol. The van der Waals surface area contributed by atoms with Gasteiger partial charge in [-0.1, -0.05) is 13.8 Å². The average Bonchev–Trinajstić information content (AvgIpc) is 2.32. The van der Waals surface area contributed by atoms with Gasteiger partial charge in [0.25, 0.3) is 0 Å². The average molecular weight is 185 g/mol. The molecule has 0 unspecified atom stereocenters. The van der Waals surface area contributed by atoms with Crippen LogP contribution < -0.4 is 5.32 Å². The molecule has 0 bridgehead atoms. The van der Waals surface area contributed by atoms with Gasteiger partial charge in [0.05, 0.1) is 0 Å². The zero-order chi connectivity index (χ0) is 10.1. The van der Waals surface area contributed by atoms with Crippen molar-refractivity contribution < 1.29 is 14.7 Å². The van der Waals surface area contributed by atoms with Crippen LogP contribution in [0.2, 0.25) is 0 Å². The molecule has 1 saturated heterocycles. The van der Waals surface area contributed by atoms with E-state index in [9.17, 15) is 9.59 Å². The normalized spacial score (nSPS) is 27.8. The van der Waals surface area contributed by atoms with Crippen LogP contribution in [0.15, 0.2) is 0 Å². The van der Waals surface area contributed by atoms with E-state index in [-0.39, 0.29) is 11.8 Å². The van der Waals surface area contributed by atoms with Crippen molar-refractivity contribution in [1.82, 2.24) is 5.32 Å². The molecule has 1 aliphatic heterocycles. The Labute approximate surface area is 77.3 Å². The quantitative estimate of drug-likeness (QED) is 0.633. The number of nitrogens with one attached hydrogen (secondary N) is 1. The molecule has 1 amide bonds. The second kappa shape index (κ2) is 3.36. The van der Waals surface area contributed by atoms with Gasteiger partial charge in [-0.05, 0) is 18.8 Å². The molecular weight excluding hydrogens is 170 g/mol. The van der Waals surface area contributed by atoms with E-state index in [0.29, 0.717) is 19.4 Å². The lowest BCUT2D eigenvalue weighted by Gasteiger charge is -2.22. The number of hydrogen-bond acceptors (Lipinski definition) is 2. The summed E-state index contributed by atoms with van der Waals surface area (Å²) < 4.78 is 0. The van der Waals surface area contributed by atoms with E-state index in [2.05, 4.69) is 5.32 Å². The highest BCUT2D eigenvalue weighted by Gasteiger charge is 2.49. The summed E-state index contributed by atoms with van der Waals surface area (Å²) in [6.45, 7) is 4.34. The first-order valence-corrected chi connectivity index (χ1v) is 4.51. The molecule has 13 heavy (non-hydrogen) atoms. The number of carbonyl (C=O) groups is 2. The molecule has 1 heterocycles. The van der Waals surface area contributed by atoms with Crippen LogP contribution in [0.3, 0.4) is 0 Å². The van der Waals surface area contributed by atoms with E-state index >= 15 is 0 Å². The number of aliphatic carboxylic acids is 1. The largest absolute Gasteiger partial charge is 0.480 e. The molecule has 4 nitrogen and oxygen atoms in total. The van der Waals surface area contributed by atoms with Crippen molar-refractivity contribution in [1.29, 1.82) is 0 Å². The minimum absolute atomic E-state index is 0.222. The van der Waals surface area contributed by atoms with Gasteiger partial charge in [0.2, 0.25) is 5.91 Å². The van der Waals surface area contributed by atoms with Crippen LogP contribution in [-0.4, -0.2) is 23.5 Å². The summed E-state index contributed by atoms with van der Waals surface area (Å²) in [7, 11) is 0. The topological polar surface area (TPSA) is 66.4 Å². The first-order valence-electron chi connectivity index (χ1n) is 4.51. The van der Waals surface area contributed by atoms with Crippen molar-refractivity contribution in [2.24, 2.45) is 11.3 Å². The fraction of sp³-hybridized carbons (Fsp3) is 0.778. The maximum Gasteiger partial charge on any atom is 0.319 e. The maximum absolute atomic E-state index is 11.4. The lowest BCUT2D eigenvalue weighted by atomic mass is 9.79. The van der Waals surface area contributed by atoms with Crippen molar-refractivity contribution in [3.8, 4) is 0 Å². The number of hydrogen-bond donors (Lipinski definition) is 2. The third kappa shape index (κ3) is 1.66. The zero-order valence-corrected chi connectivity index (χ0v) is 7.96. The summed E-state index contributed by atoms with van der Waals surface area (Å²) >= 11 is 0. The Morgan fingerprint density at radius 3 is 2.62 bits per heavy atom. The van der Waals surface area contributed by atoms with Gasteiger partial charge in [0.15, 0.2) is 0 Å². The van der Waals surface area contributed by atoms with Gasteiger partial charge in [-0.25, -0.2) is 0 Å². The fourth-order valence-electron chi connectivity index (χ4n) is 1.86. The Kier molecular flexibility index (Phi) is 2.59. The van der Waals surface area contributed by atoms with Gasteiger partial charge < -0.3 is 10.4 Å². The third-order valence-corrected chi connectivity index (χ3v) is 2.44. The highest BCUT2D eigenvalue weighted by Crippen LogP contribution is 2.34. The first kappa shape index (κ1) is 10.0. The summed E-state index contributed by atoms with van der Waals surface area (Å²) in [5, 5.41) is 11.6. The molecular formula is C9H15NO3. The molecule has 1 aliphatic rings. The molecule has 1 rings (SSSR count). The number of carboxylic acids is 1. The Bertz CT molecular complexity index is 237. The summed E-state index contributed by atoms with van der Waals surface area (Å²) in [5.41, 5.74) is -1.16. The molecule has 2 N–H and O–H groups in total. The van der Waals surface area contributed by atoms with Crippen LogP contribution in [0, 0.1) is 11.3 Å². The lowest BCUT2D eigenvalue weighted by molar-refractivity contribution is -0.154. The Morgan fingerprint density at radius 1 is 1.69 bits per heavy atom. The Hall–Kier alpha value is -1.06. The second-order valence-electron chi connectivity index (χ2n) is 3.99. The van der Waals surface area contributed by atoms with Crippen LogP contribution in [0.5, 0.6) is 0 Å². The summed E-state index contributed by atoms with van der Waals surface area (Å²) in [6.07, 6.45) is 0.841. The van der Waals surface area contributed by atoms with Crippen LogP contribution in [0.1, 0.15) is 26.7 Å². The molecule has 0 spiro atoms. The van der Waals surface area contributed by atoms with Crippen molar-refractivity contribution >= 4 is 11.9 Å². The number of amides is 1. The van der Waals surface area contributed by atoms with Crippen LogP contribution in [0.4, 0.5) is 0 Å². The van der Waals surface area contributed by atoms with Gasteiger partial charge in [-0.15, -0.1) is 0 Å². The molecule has 0 radical (unpaired) electrons. The predicted octanol–water partition coefficient (Wildman–Crippen LogP) is 0.623. The summed E-state index contributed by atoms with van der Waals surface area (Å²) in [5.74, 6) is -1.09. The number of carboxylic acid groups (broad SMARTS) is 1. The molecule has 0 aromatic rings. The number of carbonyl (C=O) groups excluding carboxylic acids is 1. The number of rotatable bonds is 3. The maximum atomic E-state index is 11.4. The van der Waals surface area contributed by atoms with Gasteiger partial charge in [-0.3, -0.25) is 9.59 Å². The van der Waals surface area contributed by atoms with Crippen LogP contribution in [-0.2, 0) is 9.59 Å². The monoisotopic (exact) mass is 185 g/mol. The standard InChI is InChI=1S/C9H15NO3/c1-6(2)5-9(8(12)13)3-4-10-7(9)11/h6H,3-5H2,1-2H3,(H,10,11)(H,12,13)/t9-/m0/s1. The second-order valence-corrected chi connectivity index (χ2v) is 3.99. The molecule has 74 valence electrons. The molecule has 4 heteroatoms. The van der Waals surface area contributed by atoms with Gasteiger partial charge in [-0.2, -0.15) is 0 Å². The van der Waals surface area contributed by atoms with Crippen molar-refractivity contribution in [3.05, 3.63) is 0 Å². The summed E-state index contributed by atoms with van der Waals surface area (Å²) in [4.78, 5) is 22.4. The Balaban J connectivity index is 2.87. The van der Waals surface area contributed by atoms with E-state index < -0.39 is 11.4 Å². The SMILES string of the molecule is CC(C)C[C@@]1(C(=O)O)CCNC1=O. The van der Waals surface area contributed by atoms with E-state index in [0.717, 1.165) is 0 Å². The molecule has 0 saturated carbocycles. The molecule has 1 fully saturated rings. The molecule has 0 aromatic carbocycles. The van der Waals surface area contributed by atoms with E-state index in [1.165, 1.54) is 0 Å². The van der Waals surface area contributed by atoms with E-state index in [1.807, 2.05) is 13.8 Å². The molecule has 0 aromatic heterocycles. The highest BCUT2D eigenvalue weighted by molar-refractivity contribution is 6.03. The fourth-order valence-corrected chi connectivity index (χ4v) is 1.86. The van der Waals surface area contributed by atoms with Crippen molar-refractivity contribution in [2.75, 3.05) is 6.54 Å². The van der Waals surface area contributed by atoms with E-state index in [1.54, 1.807) is 0 Å². The van der Waals surface area contributed by atoms with Crippen LogP contribution in [0.25, 0.3) is 0 Å². The van der Waals surface area contributed by atoms with Crippen molar-refractivity contribution in [2.45, 2.75) is 26.7 Å². The lowest BCUT2D eigenvalue weighted by Crippen LogP contribution is -2.39. The van der Waals surface area contributed by atoms with Gasteiger partial charge in [0.1, 0.15) is 5.41 Å². The highest BCUT2D eigenvalue weighted by atomic mass is 16.4. The van der Waals surface area contributed by atoms with Crippen molar-refractivity contribution in [3.63, 3.8) is 0 Å². The minimum atomic E-state index is -1.16. The molecule has 1 atom stereocenters. The van der Waals surface area contributed by atoms with E-state index in [4.69, 9.17) is 5.11 Å². The zero-order valence-electron chi connectivity index (χ0n) is 7.96. The smallest absolute Gasteiger partial charge is 0.319 e. The van der Waals surface area contributed by atoms with Gasteiger partial charge >= 0.3 is 5.97 Å². The van der Waals surface area contributed by atoms with Gasteiger partial charge in [0, 0.05) is 6.54 Å². The molecule has 0 aliphatic carbocycles. The third-order valence-electron chi connectivity index (χ3n) is 2.44. The minimum Gasteiger partial charge on any atom is -0.480 e. The summed E-state index contributed by atoms with van der Waals surface area (Å²) in [6, 6.07) is 0.